The molecule has 0 radical (unpaired) electrons. The zero-order valence-corrected chi connectivity index (χ0v) is 57.4. The number of aliphatic imine (C=N–C) groups is 1. The number of aromatic nitrogens is 1. The molecular formula is C68H103N5O12S2. The first-order valence-electron chi connectivity index (χ1n) is 31.2. The number of carbonyl (C=O) groups is 7. The Kier molecular flexibility index (Phi) is 24.8. The third kappa shape index (κ3) is 19.7. The number of carbonyl (C=O) groups excluding carboxylic acids is 6. The van der Waals surface area contributed by atoms with Crippen LogP contribution in [0.2, 0.25) is 0 Å². The molecule has 0 bridgehead atoms. The van der Waals surface area contributed by atoms with Crippen molar-refractivity contribution in [2.75, 3.05) is 36.6 Å². The van der Waals surface area contributed by atoms with Crippen molar-refractivity contribution >= 4 is 83.0 Å². The molecule has 0 spiro atoms. The van der Waals surface area contributed by atoms with E-state index in [4.69, 9.17) is 23.9 Å². The first kappa shape index (κ1) is 72.2. The fraction of sp³-hybridized carbons (Fsp3) is 0.676. The average Bonchev–Trinajstić information content (AvgIpc) is 2.35. The molecule has 5 atom stereocenters. The van der Waals surface area contributed by atoms with E-state index < -0.39 is 52.8 Å². The molecule has 2 aromatic rings. The summed E-state index contributed by atoms with van der Waals surface area (Å²) in [6.07, 6.45) is 4.78. The topological polar surface area (TPSA) is 241 Å². The van der Waals surface area contributed by atoms with Gasteiger partial charge in [-0.1, -0.05) is 110 Å². The van der Waals surface area contributed by atoms with Crippen molar-refractivity contribution in [2.24, 2.45) is 67.6 Å². The van der Waals surface area contributed by atoms with Gasteiger partial charge in [0.05, 0.1) is 28.5 Å². The van der Waals surface area contributed by atoms with Gasteiger partial charge in [0.15, 0.2) is 0 Å². The summed E-state index contributed by atoms with van der Waals surface area (Å²) >= 11 is 2.68. The lowest BCUT2D eigenvalue weighted by atomic mass is 9.59. The summed E-state index contributed by atoms with van der Waals surface area (Å²) < 4.78 is 24.2. The quantitative estimate of drug-likeness (QED) is 0.0319. The minimum absolute atomic E-state index is 0.00143. The van der Waals surface area contributed by atoms with E-state index in [9.17, 15) is 29.1 Å². The summed E-state index contributed by atoms with van der Waals surface area (Å²) in [6, 6.07) is 6.65. The van der Waals surface area contributed by atoms with Gasteiger partial charge in [-0.3, -0.25) is 14.4 Å². The molecule has 1 aliphatic heterocycles. The number of H-pyrrole nitrogens is 1. The average molecular weight is 1250 g/mol. The molecule has 1 aromatic heterocycles. The van der Waals surface area contributed by atoms with Gasteiger partial charge in [0.1, 0.15) is 48.2 Å². The van der Waals surface area contributed by atoms with Gasteiger partial charge in [0, 0.05) is 46.4 Å². The highest BCUT2D eigenvalue weighted by molar-refractivity contribution is 8.00. The highest BCUT2D eigenvalue weighted by Gasteiger charge is 2.50. The molecule has 2 aliphatic carbocycles. The van der Waals surface area contributed by atoms with Crippen molar-refractivity contribution in [3.63, 3.8) is 0 Å². The van der Waals surface area contributed by atoms with Gasteiger partial charge in [0.25, 0.3) is 0 Å². The maximum absolute atomic E-state index is 15.2. The van der Waals surface area contributed by atoms with Crippen LogP contribution in [0.5, 0.6) is 0 Å². The molecule has 1 aromatic carbocycles. The number of nitrogens with one attached hydrogen (secondary N) is 4. The number of esters is 3. The second kappa shape index (κ2) is 29.8. The van der Waals surface area contributed by atoms with Crippen molar-refractivity contribution in [1.82, 2.24) is 15.6 Å². The number of alkyl carbamates (subject to hydrolysis) is 1. The van der Waals surface area contributed by atoms with Crippen LogP contribution < -0.4 is 16.0 Å². The lowest BCUT2D eigenvalue weighted by Gasteiger charge is -2.50. The molecule has 87 heavy (non-hydrogen) atoms. The smallest absolute Gasteiger partial charge is 0.407 e. The molecule has 19 heteroatoms. The third-order valence-electron chi connectivity index (χ3n) is 17.9. The van der Waals surface area contributed by atoms with Crippen LogP contribution in [0, 0.1) is 69.5 Å². The summed E-state index contributed by atoms with van der Waals surface area (Å²) in [6.45, 7) is 41.5. The second-order valence-electron chi connectivity index (χ2n) is 29.5. The third-order valence-corrected chi connectivity index (χ3v) is 20.0. The number of hydrogen-bond acceptors (Lipinski definition) is 14. The molecule has 2 heterocycles. The number of amides is 3. The number of aromatic carboxylic acids is 1. The number of ether oxygens (including phenoxy) is 4. The number of benzene rings is 1. The van der Waals surface area contributed by atoms with Gasteiger partial charge < -0.3 is 45.0 Å². The van der Waals surface area contributed by atoms with E-state index in [2.05, 4.69) is 118 Å². The fourth-order valence-corrected chi connectivity index (χ4v) is 13.7. The minimum Gasteiger partial charge on any atom is -0.478 e. The molecule has 17 nitrogen and oxygen atoms in total. The van der Waals surface area contributed by atoms with Crippen LogP contribution in [0.1, 0.15) is 208 Å². The fourth-order valence-electron chi connectivity index (χ4n) is 12.1. The van der Waals surface area contributed by atoms with E-state index in [1.165, 1.54) is 29.6 Å². The van der Waals surface area contributed by atoms with Gasteiger partial charge in [-0.15, -0.1) is 23.5 Å². The first-order chi connectivity index (χ1) is 40.2. The van der Waals surface area contributed by atoms with Crippen LogP contribution >= 0.6 is 23.5 Å². The standard InChI is InChI=1S/C68H103N5O12S2/c1-21-68(19,20)62(80)82-28-27-69-63(81)83-29-31-86-42(6)58(75)73-57-53(61(79)85-55-47(66(13,14)15)34-39(3)35-48(55)67(16,17)18)41(5)50(71-57)37-49-40(4)52(60(78)84-54-45(64(7,8)9)32-38(2)33-46(54)65(10,11)12)56(70-49)72-51(74)26-23-30-87-44-25-22-24-43(36-44)59(76)77/h22,24-25,36-39,42,45-48,54-55,70H,21,23,26-35H2,1-20H3,(H,69,81)(H,72,74)(H,76,77)(H,71,73,75). The van der Waals surface area contributed by atoms with Crippen molar-refractivity contribution < 1.29 is 57.6 Å². The number of carboxylic acid groups (broad SMARTS) is 1. The van der Waals surface area contributed by atoms with Crippen molar-refractivity contribution in [2.45, 2.75) is 206 Å². The van der Waals surface area contributed by atoms with E-state index in [-0.39, 0.29) is 117 Å². The maximum atomic E-state index is 15.2. The molecule has 3 aliphatic rings. The van der Waals surface area contributed by atoms with Gasteiger partial charge in [-0.2, -0.15) is 0 Å². The van der Waals surface area contributed by atoms with Crippen molar-refractivity contribution in [3.05, 3.63) is 63.5 Å². The van der Waals surface area contributed by atoms with Crippen molar-refractivity contribution in [3.8, 4) is 0 Å². The molecule has 0 saturated heterocycles. The number of amidine groups is 1. The Morgan fingerprint density at radius 1 is 0.747 bits per heavy atom. The highest BCUT2D eigenvalue weighted by atomic mass is 32.2. The summed E-state index contributed by atoms with van der Waals surface area (Å²) in [5, 5.41) is 17.3. The molecule has 2 fully saturated rings. The zero-order valence-electron chi connectivity index (χ0n) is 55.8. The Balaban J connectivity index is 1.51. The number of aromatic amines is 1. The lowest BCUT2D eigenvalue weighted by molar-refractivity contribution is -0.164. The van der Waals surface area contributed by atoms with E-state index >= 15 is 9.59 Å². The van der Waals surface area contributed by atoms with Crippen LogP contribution in [0.25, 0.3) is 6.08 Å². The molecule has 5 unspecified atom stereocenters. The van der Waals surface area contributed by atoms with Gasteiger partial charge in [-0.25, -0.2) is 24.2 Å². The van der Waals surface area contributed by atoms with Crippen LogP contribution in [0.4, 0.5) is 10.6 Å². The van der Waals surface area contributed by atoms with Crippen molar-refractivity contribution in [1.29, 1.82) is 0 Å². The highest BCUT2D eigenvalue weighted by Crippen LogP contribution is 2.52. The molecule has 484 valence electrons. The molecule has 5 N–H and O–H groups in total. The Morgan fingerprint density at radius 2 is 1.29 bits per heavy atom. The molecule has 3 amide bonds. The predicted octanol–water partition coefficient (Wildman–Crippen LogP) is 14.5. The Bertz CT molecular complexity index is 2860. The monoisotopic (exact) mass is 1250 g/mol. The number of anilines is 1. The number of rotatable bonds is 22. The largest absolute Gasteiger partial charge is 0.478 e. The predicted molar refractivity (Wildman–Crippen MR) is 348 cm³/mol. The van der Waals surface area contributed by atoms with E-state index in [0.29, 0.717) is 53.0 Å². The second-order valence-corrected chi connectivity index (χ2v) is 32.1. The first-order valence-corrected chi connectivity index (χ1v) is 33.2. The van der Waals surface area contributed by atoms with Gasteiger partial charge >= 0.3 is 30.0 Å². The zero-order chi connectivity index (χ0) is 65.3. The van der Waals surface area contributed by atoms with Crippen LogP contribution in [0.3, 0.4) is 0 Å². The Hall–Kier alpha value is -5.56. The number of thioether (sulfide) groups is 2. The van der Waals surface area contributed by atoms with Crippen LogP contribution in [-0.4, -0.2) is 106 Å². The number of nitrogens with zero attached hydrogens (tertiary/aromatic N) is 1. The normalized spacial score (nSPS) is 22.9. The number of allylic oxidation sites excluding steroid dienone is 1. The van der Waals surface area contributed by atoms with Gasteiger partial charge in [-0.05, 0) is 148 Å². The summed E-state index contributed by atoms with van der Waals surface area (Å²) in [4.78, 5) is 104. The number of hydrogen-bond donors (Lipinski definition) is 5. The Morgan fingerprint density at radius 3 is 1.80 bits per heavy atom. The molecule has 2 saturated carbocycles. The SMILES string of the molecule is CCC(C)(C)C(=O)OCCNC(=O)OCCSC(C)C(=O)NC1=NC(=Cc2[nH]c(NC(=O)CCCSc3cccc(C(=O)O)c3)c(C(=O)OC3C(C(C)(C)C)CC(C)CC3C(C)(C)C)c2C)C(C)=C1C(=O)OC1C(C(C)(C)C)CC(C)CC1C(C)(C)C. The van der Waals surface area contributed by atoms with Crippen LogP contribution in [0.15, 0.2) is 51.0 Å². The summed E-state index contributed by atoms with van der Waals surface area (Å²) in [5.74, 6) is -1.51. The van der Waals surface area contributed by atoms with E-state index in [0.717, 1.165) is 30.6 Å². The number of carboxylic acids is 1. The van der Waals surface area contributed by atoms with E-state index in [1.54, 1.807) is 52.8 Å². The summed E-state index contributed by atoms with van der Waals surface area (Å²) in [7, 11) is 0. The lowest BCUT2D eigenvalue weighted by Crippen LogP contribution is -2.50. The molecule has 5 rings (SSSR count). The minimum atomic E-state index is -1.02. The van der Waals surface area contributed by atoms with E-state index in [1.807, 2.05) is 13.0 Å². The van der Waals surface area contributed by atoms with Crippen LogP contribution in [-0.2, 0) is 38.1 Å². The summed E-state index contributed by atoms with van der Waals surface area (Å²) in [5.41, 5.74) is 0.609. The van der Waals surface area contributed by atoms with Gasteiger partial charge in [0.2, 0.25) is 11.8 Å². The Labute approximate surface area is 527 Å². The molecular weight excluding hydrogens is 1140 g/mol. The maximum Gasteiger partial charge on any atom is 0.407 e.